The van der Waals surface area contributed by atoms with Crippen molar-refractivity contribution < 1.29 is 10.0 Å². The summed E-state index contributed by atoms with van der Waals surface area (Å²) >= 11 is 0. The molecule has 2 rings (SSSR count). The molecule has 66 valence electrons. The zero-order valence-electron chi connectivity index (χ0n) is 6.51. The van der Waals surface area contributed by atoms with Gasteiger partial charge in [0.2, 0.25) is 0 Å². The maximum Gasteiger partial charge on any atom is 0.278 e. The first-order valence-corrected chi connectivity index (χ1v) is 3.54. The molecule has 0 aliphatic rings. The molecule has 0 saturated heterocycles. The minimum atomic E-state index is -0.594. The van der Waals surface area contributed by atoms with Crippen molar-refractivity contribution in [2.75, 3.05) is 0 Å². The first kappa shape index (κ1) is 7.69. The summed E-state index contributed by atoms with van der Waals surface area (Å²) < 4.78 is 1.50. The summed E-state index contributed by atoms with van der Waals surface area (Å²) in [4.78, 5) is 14.9. The van der Waals surface area contributed by atoms with Crippen molar-refractivity contribution in [2.45, 2.75) is 0 Å². The molecule has 2 heterocycles. The van der Waals surface area contributed by atoms with Crippen LogP contribution in [0.1, 0.15) is 10.4 Å². The van der Waals surface area contributed by atoms with Gasteiger partial charge in [0.05, 0.1) is 23.5 Å². The quantitative estimate of drug-likeness (QED) is 0.470. The molecule has 0 unspecified atom stereocenters. The van der Waals surface area contributed by atoms with E-state index >= 15 is 0 Å². The molecule has 0 aliphatic carbocycles. The highest BCUT2D eigenvalue weighted by molar-refractivity contribution is 5.99. The van der Waals surface area contributed by atoms with E-state index in [0.717, 1.165) is 0 Å². The molecular weight excluding hydrogens is 172 g/mol. The maximum atomic E-state index is 11.0. The number of nitrogens with zero attached hydrogens (tertiary/aromatic N) is 3. The number of aromatic nitrogens is 3. The Bertz CT molecular complexity index is 450. The van der Waals surface area contributed by atoms with Crippen LogP contribution in [0, 0.1) is 0 Å². The number of carbonyl (C=O) groups excluding carboxylic acids is 1. The first-order chi connectivity index (χ1) is 6.33. The van der Waals surface area contributed by atoms with Crippen molar-refractivity contribution in [3.05, 3.63) is 30.4 Å². The van der Waals surface area contributed by atoms with Crippen molar-refractivity contribution in [3.63, 3.8) is 0 Å². The van der Waals surface area contributed by atoms with Gasteiger partial charge in [-0.3, -0.25) is 15.0 Å². The van der Waals surface area contributed by atoms with Gasteiger partial charge in [-0.1, -0.05) is 0 Å². The molecule has 0 radical (unpaired) electrons. The fourth-order valence-electron chi connectivity index (χ4n) is 1.07. The molecule has 0 aromatic carbocycles. The van der Waals surface area contributed by atoms with Crippen LogP contribution in [0.5, 0.6) is 0 Å². The highest BCUT2D eigenvalue weighted by atomic mass is 16.5. The molecule has 0 fully saturated rings. The van der Waals surface area contributed by atoms with Crippen LogP contribution in [0.15, 0.2) is 24.8 Å². The summed E-state index contributed by atoms with van der Waals surface area (Å²) in [6.45, 7) is 0. The van der Waals surface area contributed by atoms with Crippen LogP contribution in [-0.2, 0) is 0 Å². The van der Waals surface area contributed by atoms with Gasteiger partial charge < -0.3 is 0 Å². The van der Waals surface area contributed by atoms with Crippen LogP contribution >= 0.6 is 0 Å². The second-order valence-corrected chi connectivity index (χ2v) is 2.41. The monoisotopic (exact) mass is 178 g/mol. The third-order valence-corrected chi connectivity index (χ3v) is 1.67. The van der Waals surface area contributed by atoms with Gasteiger partial charge in [-0.15, -0.1) is 0 Å². The molecule has 0 atom stereocenters. The van der Waals surface area contributed by atoms with Gasteiger partial charge in [0, 0.05) is 12.4 Å². The molecule has 2 aromatic heterocycles. The van der Waals surface area contributed by atoms with E-state index < -0.39 is 5.91 Å². The Labute approximate surface area is 72.8 Å². The Morgan fingerprint density at radius 1 is 1.54 bits per heavy atom. The van der Waals surface area contributed by atoms with E-state index in [4.69, 9.17) is 5.21 Å². The lowest BCUT2D eigenvalue weighted by Gasteiger charge is -1.94. The summed E-state index contributed by atoms with van der Waals surface area (Å²) in [6, 6.07) is 0. The van der Waals surface area contributed by atoms with Crippen molar-refractivity contribution in [1.82, 2.24) is 20.1 Å². The van der Waals surface area contributed by atoms with E-state index in [1.807, 2.05) is 0 Å². The number of nitrogens with one attached hydrogen (secondary N) is 1. The van der Waals surface area contributed by atoms with Crippen LogP contribution < -0.4 is 5.48 Å². The summed E-state index contributed by atoms with van der Waals surface area (Å²) in [5.41, 5.74) is 2.38. The van der Waals surface area contributed by atoms with Crippen LogP contribution in [0.3, 0.4) is 0 Å². The second kappa shape index (κ2) is 2.83. The summed E-state index contributed by atoms with van der Waals surface area (Å²) in [7, 11) is 0. The maximum absolute atomic E-state index is 11.0. The van der Waals surface area contributed by atoms with E-state index in [-0.39, 0.29) is 5.56 Å². The molecule has 0 saturated carbocycles. The third kappa shape index (κ3) is 1.13. The van der Waals surface area contributed by atoms with Gasteiger partial charge in [-0.05, 0) is 0 Å². The smallest absolute Gasteiger partial charge is 0.278 e. The summed E-state index contributed by atoms with van der Waals surface area (Å²) in [6.07, 6.45) is 6.03. The number of rotatable bonds is 1. The van der Waals surface area contributed by atoms with Crippen molar-refractivity contribution in [3.8, 4) is 0 Å². The number of hydrogen-bond donors (Lipinski definition) is 2. The minimum absolute atomic E-state index is 0.288. The number of amides is 1. The number of carbonyl (C=O) groups is 1. The SMILES string of the molecule is O=C(NO)c1cnn2ccncc12. The summed E-state index contributed by atoms with van der Waals surface area (Å²) in [5.74, 6) is -0.594. The predicted octanol–water partition coefficient (Wildman–Crippen LogP) is -0.152. The van der Waals surface area contributed by atoms with Crippen molar-refractivity contribution >= 4 is 11.4 Å². The third-order valence-electron chi connectivity index (χ3n) is 1.67. The van der Waals surface area contributed by atoms with Gasteiger partial charge in [0.1, 0.15) is 0 Å². The zero-order chi connectivity index (χ0) is 9.26. The molecule has 6 heteroatoms. The number of hydrogen-bond acceptors (Lipinski definition) is 4. The van der Waals surface area contributed by atoms with Crippen LogP contribution in [0.2, 0.25) is 0 Å². The lowest BCUT2D eigenvalue weighted by Crippen LogP contribution is -2.18. The van der Waals surface area contributed by atoms with E-state index in [0.29, 0.717) is 5.52 Å². The molecule has 1 amide bonds. The first-order valence-electron chi connectivity index (χ1n) is 3.54. The van der Waals surface area contributed by atoms with Crippen LogP contribution in [0.4, 0.5) is 0 Å². The van der Waals surface area contributed by atoms with E-state index in [2.05, 4.69) is 10.1 Å². The number of hydroxylamine groups is 1. The average molecular weight is 178 g/mol. The Balaban J connectivity index is 2.64. The topological polar surface area (TPSA) is 79.5 Å². The minimum Gasteiger partial charge on any atom is -0.288 e. The number of fused-ring (bicyclic) bond motifs is 1. The van der Waals surface area contributed by atoms with E-state index in [9.17, 15) is 4.79 Å². The molecule has 13 heavy (non-hydrogen) atoms. The molecule has 0 spiro atoms. The standard InChI is InChI=1S/C7H6N4O2/c12-7(10-13)5-3-9-11-2-1-8-4-6(5)11/h1-4,13H,(H,10,12). The zero-order valence-corrected chi connectivity index (χ0v) is 6.51. The Hall–Kier alpha value is -1.95. The van der Waals surface area contributed by atoms with Gasteiger partial charge in [-0.25, -0.2) is 10.00 Å². The van der Waals surface area contributed by atoms with Crippen molar-refractivity contribution in [1.29, 1.82) is 0 Å². The molecule has 2 N–H and O–H groups in total. The lowest BCUT2D eigenvalue weighted by atomic mass is 10.3. The lowest BCUT2D eigenvalue weighted by molar-refractivity contribution is 0.0708. The predicted molar refractivity (Wildman–Crippen MR) is 42.2 cm³/mol. The fourth-order valence-corrected chi connectivity index (χ4v) is 1.07. The highest BCUT2D eigenvalue weighted by Gasteiger charge is 2.10. The molecule has 6 nitrogen and oxygen atoms in total. The normalized spacial score (nSPS) is 10.2. The molecule has 2 aromatic rings. The Morgan fingerprint density at radius 2 is 2.38 bits per heavy atom. The van der Waals surface area contributed by atoms with Gasteiger partial charge >= 0.3 is 0 Å². The van der Waals surface area contributed by atoms with Gasteiger partial charge in [-0.2, -0.15) is 5.10 Å². The Kier molecular flexibility index (Phi) is 1.67. The summed E-state index contributed by atoms with van der Waals surface area (Å²) in [5, 5.41) is 12.3. The van der Waals surface area contributed by atoms with E-state index in [1.165, 1.54) is 22.4 Å². The van der Waals surface area contributed by atoms with Crippen LogP contribution in [-0.4, -0.2) is 25.7 Å². The molecule has 0 bridgehead atoms. The van der Waals surface area contributed by atoms with E-state index in [1.54, 1.807) is 12.4 Å². The van der Waals surface area contributed by atoms with Crippen LogP contribution in [0.25, 0.3) is 5.52 Å². The van der Waals surface area contributed by atoms with Crippen molar-refractivity contribution in [2.24, 2.45) is 0 Å². The average Bonchev–Trinajstić information content (AvgIpc) is 2.60. The molecular formula is C7H6N4O2. The second-order valence-electron chi connectivity index (χ2n) is 2.41. The largest absolute Gasteiger partial charge is 0.288 e. The molecule has 0 aliphatic heterocycles. The fraction of sp³-hybridized carbons (Fsp3) is 0. The van der Waals surface area contributed by atoms with Gasteiger partial charge in [0.25, 0.3) is 5.91 Å². The highest BCUT2D eigenvalue weighted by Crippen LogP contribution is 2.07. The van der Waals surface area contributed by atoms with Gasteiger partial charge in [0.15, 0.2) is 0 Å². The Morgan fingerprint density at radius 3 is 3.15 bits per heavy atom.